The number of hydrogen-bond acceptors (Lipinski definition) is 2. The molecule has 0 bridgehead atoms. The molecule has 4 rings (SSSR count). The van der Waals surface area contributed by atoms with E-state index in [1.807, 2.05) is 7.05 Å². The lowest BCUT2D eigenvalue weighted by Crippen LogP contribution is -2.51. The van der Waals surface area contributed by atoms with E-state index in [1.54, 1.807) is 11.1 Å². The van der Waals surface area contributed by atoms with E-state index in [2.05, 4.69) is 84.1 Å². The van der Waals surface area contributed by atoms with Crippen LogP contribution in [0.4, 0.5) is 0 Å². The molecule has 0 N–H and O–H groups in total. The molecular formula is C30H49NOSi. The van der Waals surface area contributed by atoms with Gasteiger partial charge in [-0.05, 0) is 110 Å². The Kier molecular flexibility index (Phi) is 6.58. The van der Waals surface area contributed by atoms with Crippen LogP contribution in [0.1, 0.15) is 86.5 Å². The quantitative estimate of drug-likeness (QED) is 0.231. The van der Waals surface area contributed by atoms with E-state index in [9.17, 15) is 0 Å². The van der Waals surface area contributed by atoms with Crippen molar-refractivity contribution in [3.05, 3.63) is 34.9 Å². The summed E-state index contributed by atoms with van der Waals surface area (Å²) in [6.45, 7) is 19.3. The SMILES string of the molecule is C/C=C(\C=NC)C1=CCC2C3CC=C4C[C@@H](O[Si](C)(C)C(C)(C)C)CC[C@]4(C)C3CC[C@]12C. The largest absolute Gasteiger partial charge is 0.414 e. The first kappa shape index (κ1) is 25.2. The van der Waals surface area contributed by atoms with Crippen LogP contribution in [-0.2, 0) is 4.43 Å². The van der Waals surface area contributed by atoms with E-state index < -0.39 is 8.32 Å². The third kappa shape index (κ3) is 4.09. The van der Waals surface area contributed by atoms with Crippen LogP contribution in [0.3, 0.4) is 0 Å². The van der Waals surface area contributed by atoms with Crippen molar-refractivity contribution in [1.82, 2.24) is 0 Å². The molecule has 2 saturated carbocycles. The van der Waals surface area contributed by atoms with Gasteiger partial charge in [0, 0.05) is 19.4 Å². The van der Waals surface area contributed by atoms with Gasteiger partial charge in [0.15, 0.2) is 8.32 Å². The summed E-state index contributed by atoms with van der Waals surface area (Å²) in [5, 5.41) is 0.287. The fourth-order valence-electron chi connectivity index (χ4n) is 7.78. The van der Waals surface area contributed by atoms with Crippen LogP contribution in [0, 0.1) is 28.6 Å². The van der Waals surface area contributed by atoms with Crippen LogP contribution < -0.4 is 0 Å². The molecule has 2 nitrogen and oxygen atoms in total. The predicted octanol–water partition coefficient (Wildman–Crippen LogP) is 8.52. The van der Waals surface area contributed by atoms with Gasteiger partial charge in [-0.15, -0.1) is 0 Å². The number of fused-ring (bicyclic) bond motifs is 5. The summed E-state index contributed by atoms with van der Waals surface area (Å²) in [5.41, 5.74) is 5.36. The molecule has 0 spiro atoms. The molecule has 0 aliphatic heterocycles. The minimum atomic E-state index is -1.71. The molecule has 0 amide bonds. The van der Waals surface area contributed by atoms with Gasteiger partial charge in [-0.1, -0.05) is 58.4 Å². The monoisotopic (exact) mass is 467 g/mol. The molecule has 3 unspecified atom stereocenters. The maximum atomic E-state index is 6.91. The maximum Gasteiger partial charge on any atom is 0.192 e. The molecule has 3 heteroatoms. The second kappa shape index (κ2) is 8.62. The second-order valence-corrected chi connectivity index (χ2v) is 18.2. The van der Waals surface area contributed by atoms with Crippen molar-refractivity contribution in [2.75, 3.05) is 7.05 Å². The summed E-state index contributed by atoms with van der Waals surface area (Å²) in [7, 11) is 0.184. The topological polar surface area (TPSA) is 21.6 Å². The van der Waals surface area contributed by atoms with E-state index >= 15 is 0 Å². The lowest BCUT2D eigenvalue weighted by atomic mass is 9.47. The average molecular weight is 468 g/mol. The highest BCUT2D eigenvalue weighted by molar-refractivity contribution is 6.74. The second-order valence-electron chi connectivity index (χ2n) is 13.4. The Morgan fingerprint density at radius 3 is 2.39 bits per heavy atom. The first-order chi connectivity index (χ1) is 15.4. The van der Waals surface area contributed by atoms with Crippen molar-refractivity contribution in [3.8, 4) is 0 Å². The third-order valence-corrected chi connectivity index (χ3v) is 15.3. The zero-order valence-corrected chi connectivity index (χ0v) is 23.9. The Balaban J connectivity index is 1.54. The number of aliphatic imine (C=N–C) groups is 1. The number of allylic oxidation sites excluding steroid dienone is 5. The molecule has 6 atom stereocenters. The van der Waals surface area contributed by atoms with Crippen molar-refractivity contribution in [2.24, 2.45) is 33.6 Å². The highest BCUT2D eigenvalue weighted by atomic mass is 28.4. The van der Waals surface area contributed by atoms with E-state index in [4.69, 9.17) is 4.43 Å². The average Bonchev–Trinajstić information content (AvgIpc) is 3.08. The van der Waals surface area contributed by atoms with E-state index in [-0.39, 0.29) is 5.04 Å². The molecule has 4 aliphatic rings. The van der Waals surface area contributed by atoms with Crippen LogP contribution in [-0.4, -0.2) is 27.7 Å². The van der Waals surface area contributed by atoms with Crippen LogP contribution >= 0.6 is 0 Å². The smallest absolute Gasteiger partial charge is 0.192 e. The van der Waals surface area contributed by atoms with Gasteiger partial charge < -0.3 is 4.43 Å². The van der Waals surface area contributed by atoms with Crippen molar-refractivity contribution in [2.45, 2.75) is 111 Å². The molecule has 0 aromatic carbocycles. The van der Waals surface area contributed by atoms with Gasteiger partial charge in [0.1, 0.15) is 0 Å². The van der Waals surface area contributed by atoms with E-state index in [0.29, 0.717) is 16.9 Å². The molecule has 0 aromatic heterocycles. The molecule has 0 radical (unpaired) electrons. The van der Waals surface area contributed by atoms with E-state index in [0.717, 1.165) is 17.8 Å². The highest BCUT2D eigenvalue weighted by Crippen LogP contribution is 2.65. The zero-order valence-electron chi connectivity index (χ0n) is 22.9. The molecule has 4 aliphatic carbocycles. The lowest BCUT2D eigenvalue weighted by molar-refractivity contribution is -0.0273. The lowest BCUT2D eigenvalue weighted by Gasteiger charge is -2.58. The van der Waals surface area contributed by atoms with Gasteiger partial charge in [-0.2, -0.15) is 0 Å². The Hall–Kier alpha value is -0.933. The standard InChI is InChI=1S/C30H49NOSi/c1-10-21(20-31-7)25-13-14-26-24-12-11-22-19-23(32-33(8,9)28(2,3)4)15-17-29(22,5)27(24)16-18-30(25,26)6/h10-11,13,20,23-24,26-27H,12,14-19H2,1-9H3/b21-10+,31-20?/t23-,24?,26?,27?,29-,30+/m0/s1. The number of hydrogen-bond donors (Lipinski definition) is 0. The van der Waals surface area contributed by atoms with Crippen molar-refractivity contribution in [1.29, 1.82) is 0 Å². The Bertz CT molecular complexity index is 887. The summed E-state index contributed by atoms with van der Waals surface area (Å²) in [5.74, 6) is 2.44. The highest BCUT2D eigenvalue weighted by Gasteiger charge is 2.57. The third-order valence-electron chi connectivity index (χ3n) is 10.8. The molecule has 0 heterocycles. The summed E-state index contributed by atoms with van der Waals surface area (Å²) in [6, 6.07) is 0. The summed E-state index contributed by atoms with van der Waals surface area (Å²) in [6.07, 6.45) is 19.0. The Morgan fingerprint density at radius 1 is 1.06 bits per heavy atom. The fraction of sp³-hybridized carbons (Fsp3) is 0.767. The van der Waals surface area contributed by atoms with Gasteiger partial charge in [0.25, 0.3) is 0 Å². The molecule has 0 saturated heterocycles. The first-order valence-electron chi connectivity index (χ1n) is 13.5. The Morgan fingerprint density at radius 2 is 1.76 bits per heavy atom. The van der Waals surface area contributed by atoms with E-state index in [1.165, 1.54) is 50.5 Å². The van der Waals surface area contributed by atoms with Gasteiger partial charge in [0.05, 0.1) is 0 Å². The first-order valence-corrected chi connectivity index (χ1v) is 16.4. The number of nitrogens with zero attached hydrogens (tertiary/aromatic N) is 1. The van der Waals surface area contributed by atoms with Crippen molar-refractivity contribution >= 4 is 14.5 Å². The normalized spacial score (nSPS) is 39.6. The Labute approximate surface area is 205 Å². The summed E-state index contributed by atoms with van der Waals surface area (Å²) < 4.78 is 6.91. The van der Waals surface area contributed by atoms with Crippen LogP contribution in [0.2, 0.25) is 18.1 Å². The number of rotatable bonds is 4. The van der Waals surface area contributed by atoms with Crippen LogP contribution in [0.5, 0.6) is 0 Å². The molecular weight excluding hydrogens is 418 g/mol. The molecule has 184 valence electrons. The van der Waals surface area contributed by atoms with Gasteiger partial charge in [-0.25, -0.2) is 0 Å². The predicted molar refractivity (Wildman–Crippen MR) is 145 cm³/mol. The van der Waals surface area contributed by atoms with Crippen molar-refractivity contribution < 1.29 is 4.43 Å². The van der Waals surface area contributed by atoms with Crippen LogP contribution in [0.15, 0.2) is 39.9 Å². The molecule has 0 aromatic rings. The summed E-state index contributed by atoms with van der Waals surface area (Å²) in [4.78, 5) is 4.36. The van der Waals surface area contributed by atoms with Gasteiger partial charge in [-0.3, -0.25) is 4.99 Å². The molecule has 33 heavy (non-hydrogen) atoms. The summed E-state index contributed by atoms with van der Waals surface area (Å²) >= 11 is 0. The minimum absolute atomic E-state index is 0.287. The zero-order chi connectivity index (χ0) is 24.2. The maximum absolute atomic E-state index is 6.91. The van der Waals surface area contributed by atoms with Gasteiger partial charge >= 0.3 is 0 Å². The minimum Gasteiger partial charge on any atom is -0.414 e. The molecule has 2 fully saturated rings. The van der Waals surface area contributed by atoms with Crippen LogP contribution in [0.25, 0.3) is 0 Å². The fourth-order valence-corrected chi connectivity index (χ4v) is 9.16. The van der Waals surface area contributed by atoms with Gasteiger partial charge in [0.2, 0.25) is 0 Å². The van der Waals surface area contributed by atoms with Crippen molar-refractivity contribution in [3.63, 3.8) is 0 Å².